The molecule has 0 bridgehead atoms. The zero-order valence-electron chi connectivity index (χ0n) is 11.8. The van der Waals surface area contributed by atoms with E-state index in [1.165, 1.54) is 10.9 Å². The summed E-state index contributed by atoms with van der Waals surface area (Å²) in [7, 11) is 0. The molecule has 0 aliphatic heterocycles. The van der Waals surface area contributed by atoms with Crippen LogP contribution in [0.1, 0.15) is 19.4 Å². The second-order valence-corrected chi connectivity index (χ2v) is 5.17. The van der Waals surface area contributed by atoms with Crippen molar-refractivity contribution in [3.05, 3.63) is 36.0 Å². The van der Waals surface area contributed by atoms with Crippen molar-refractivity contribution < 1.29 is 4.79 Å². The summed E-state index contributed by atoms with van der Waals surface area (Å²) in [5, 5.41) is 4.10. The van der Waals surface area contributed by atoms with Gasteiger partial charge in [-0.15, -0.1) is 12.4 Å². The van der Waals surface area contributed by atoms with Gasteiger partial charge in [0.1, 0.15) is 0 Å². The maximum absolute atomic E-state index is 11.7. The van der Waals surface area contributed by atoms with Crippen molar-refractivity contribution in [1.29, 1.82) is 0 Å². The van der Waals surface area contributed by atoms with Gasteiger partial charge >= 0.3 is 0 Å². The van der Waals surface area contributed by atoms with Gasteiger partial charge in [-0.25, -0.2) is 0 Å². The highest BCUT2D eigenvalue weighted by molar-refractivity contribution is 5.85. The van der Waals surface area contributed by atoms with E-state index in [9.17, 15) is 4.79 Å². The highest BCUT2D eigenvalue weighted by Gasteiger charge is 2.16. The lowest BCUT2D eigenvalue weighted by Gasteiger charge is -2.15. The molecule has 110 valence electrons. The number of halogens is 1. The van der Waals surface area contributed by atoms with Gasteiger partial charge in [-0.3, -0.25) is 4.79 Å². The van der Waals surface area contributed by atoms with E-state index in [0.717, 1.165) is 11.9 Å². The smallest absolute Gasteiger partial charge is 0.237 e. The van der Waals surface area contributed by atoms with Crippen molar-refractivity contribution in [2.24, 2.45) is 11.7 Å². The van der Waals surface area contributed by atoms with Crippen LogP contribution in [0, 0.1) is 5.92 Å². The molecule has 0 aliphatic rings. The van der Waals surface area contributed by atoms with Gasteiger partial charge in [-0.1, -0.05) is 32.0 Å². The Balaban J connectivity index is 0.00000200. The van der Waals surface area contributed by atoms with Crippen LogP contribution in [0.4, 0.5) is 0 Å². The Morgan fingerprint density at radius 2 is 2.05 bits per heavy atom. The molecule has 1 aromatic carbocycles. The number of amides is 1. The summed E-state index contributed by atoms with van der Waals surface area (Å²) in [6.07, 6.45) is 2.81. The molecule has 0 saturated carbocycles. The van der Waals surface area contributed by atoms with Gasteiger partial charge < -0.3 is 16.0 Å². The first-order chi connectivity index (χ1) is 9.09. The number of nitrogens with two attached hydrogens (primary N) is 1. The molecule has 2 rings (SSSR count). The fraction of sp³-hybridized carbons (Fsp3) is 0.400. The Bertz CT molecular complexity index is 565. The molecule has 0 fully saturated rings. The highest BCUT2D eigenvalue weighted by Crippen LogP contribution is 2.17. The van der Waals surface area contributed by atoms with E-state index in [2.05, 4.69) is 16.4 Å². The van der Waals surface area contributed by atoms with Crippen LogP contribution in [0.3, 0.4) is 0 Å². The number of hydrogen-bond acceptors (Lipinski definition) is 2. The monoisotopic (exact) mass is 295 g/mol. The Kier molecular flexibility index (Phi) is 6.05. The van der Waals surface area contributed by atoms with Crippen LogP contribution < -0.4 is 11.1 Å². The molecule has 1 aromatic heterocycles. The number of H-pyrrole nitrogens is 1. The van der Waals surface area contributed by atoms with Gasteiger partial charge in [0.25, 0.3) is 0 Å². The fourth-order valence-corrected chi connectivity index (χ4v) is 2.08. The molecule has 2 aromatic rings. The van der Waals surface area contributed by atoms with Gasteiger partial charge in [0, 0.05) is 23.6 Å². The van der Waals surface area contributed by atoms with Gasteiger partial charge in [0.15, 0.2) is 0 Å². The summed E-state index contributed by atoms with van der Waals surface area (Å²) in [6.45, 7) is 4.51. The van der Waals surface area contributed by atoms with E-state index >= 15 is 0 Å². The number of nitrogens with one attached hydrogen (secondary N) is 2. The van der Waals surface area contributed by atoms with Crippen LogP contribution >= 0.6 is 12.4 Å². The molecule has 1 amide bonds. The minimum absolute atomic E-state index is 0. The van der Waals surface area contributed by atoms with Crippen molar-refractivity contribution in [2.45, 2.75) is 26.3 Å². The summed E-state index contributed by atoms with van der Waals surface area (Å²) in [6, 6.07) is 7.73. The Morgan fingerprint density at radius 3 is 2.75 bits per heavy atom. The van der Waals surface area contributed by atoms with Crippen molar-refractivity contribution in [3.8, 4) is 0 Å². The lowest BCUT2D eigenvalue weighted by atomic mass is 10.0. The molecule has 4 N–H and O–H groups in total. The summed E-state index contributed by atoms with van der Waals surface area (Å²) in [5.41, 5.74) is 8.14. The van der Waals surface area contributed by atoms with Gasteiger partial charge in [0.2, 0.25) is 5.91 Å². The summed E-state index contributed by atoms with van der Waals surface area (Å²) in [5.74, 6) is 0.0860. The quantitative estimate of drug-likeness (QED) is 0.791. The lowest BCUT2D eigenvalue weighted by molar-refractivity contribution is -0.123. The number of fused-ring (bicyclic) bond motifs is 1. The van der Waals surface area contributed by atoms with Crippen molar-refractivity contribution >= 4 is 29.2 Å². The summed E-state index contributed by atoms with van der Waals surface area (Å²) in [4.78, 5) is 15.0. The van der Waals surface area contributed by atoms with E-state index in [0.29, 0.717) is 6.54 Å². The number of carbonyl (C=O) groups is 1. The Morgan fingerprint density at radius 1 is 1.35 bits per heavy atom. The largest absolute Gasteiger partial charge is 0.361 e. The topological polar surface area (TPSA) is 70.9 Å². The molecule has 1 atom stereocenters. The first kappa shape index (κ1) is 16.5. The number of aromatic amines is 1. The average Bonchev–Trinajstić information content (AvgIpc) is 2.81. The van der Waals surface area contributed by atoms with Crippen molar-refractivity contribution in [1.82, 2.24) is 10.3 Å². The van der Waals surface area contributed by atoms with Crippen molar-refractivity contribution in [2.75, 3.05) is 6.54 Å². The van der Waals surface area contributed by atoms with Crippen LogP contribution in [0.5, 0.6) is 0 Å². The second-order valence-electron chi connectivity index (χ2n) is 5.17. The minimum atomic E-state index is -0.428. The molecule has 20 heavy (non-hydrogen) atoms. The van der Waals surface area contributed by atoms with E-state index in [1.54, 1.807) is 0 Å². The van der Waals surface area contributed by atoms with Crippen molar-refractivity contribution in [3.63, 3.8) is 0 Å². The molecule has 1 heterocycles. The molecular formula is C15H22ClN3O. The number of aromatic nitrogens is 1. The van der Waals surface area contributed by atoms with Crippen LogP contribution in [-0.2, 0) is 11.2 Å². The number of para-hydroxylation sites is 1. The van der Waals surface area contributed by atoms with Gasteiger partial charge in [0.05, 0.1) is 6.04 Å². The van der Waals surface area contributed by atoms with E-state index in [1.807, 2.05) is 38.2 Å². The summed E-state index contributed by atoms with van der Waals surface area (Å²) < 4.78 is 0. The summed E-state index contributed by atoms with van der Waals surface area (Å²) >= 11 is 0. The highest BCUT2D eigenvalue weighted by atomic mass is 35.5. The lowest BCUT2D eigenvalue weighted by Crippen LogP contribution is -2.44. The maximum Gasteiger partial charge on any atom is 0.237 e. The number of benzene rings is 1. The van der Waals surface area contributed by atoms with E-state index in [4.69, 9.17) is 5.73 Å². The first-order valence-corrected chi connectivity index (χ1v) is 6.68. The molecule has 0 spiro atoms. The molecule has 0 aliphatic carbocycles. The van der Waals surface area contributed by atoms with Crippen LogP contribution in [0.25, 0.3) is 10.9 Å². The fourth-order valence-electron chi connectivity index (χ4n) is 2.08. The SMILES string of the molecule is CC(C)C(N)C(=O)NCCc1c[nH]c2ccccc12.Cl. The van der Waals surface area contributed by atoms with Crippen LogP contribution in [-0.4, -0.2) is 23.5 Å². The van der Waals surface area contributed by atoms with Gasteiger partial charge in [-0.05, 0) is 24.0 Å². The Hall–Kier alpha value is -1.52. The normalized spacial score (nSPS) is 12.2. The predicted molar refractivity (Wildman–Crippen MR) is 85.1 cm³/mol. The molecule has 5 heteroatoms. The van der Waals surface area contributed by atoms with Crippen LogP contribution in [0.2, 0.25) is 0 Å². The zero-order valence-corrected chi connectivity index (χ0v) is 12.7. The van der Waals surface area contributed by atoms with E-state index < -0.39 is 6.04 Å². The molecule has 0 saturated heterocycles. The zero-order chi connectivity index (χ0) is 13.8. The maximum atomic E-state index is 11.7. The predicted octanol–water partition coefficient (Wildman–Crippen LogP) is 2.23. The number of rotatable bonds is 5. The molecular weight excluding hydrogens is 274 g/mol. The third-order valence-electron chi connectivity index (χ3n) is 3.39. The average molecular weight is 296 g/mol. The van der Waals surface area contributed by atoms with Crippen LogP contribution in [0.15, 0.2) is 30.5 Å². The molecule has 4 nitrogen and oxygen atoms in total. The standard InChI is InChI=1S/C15H21N3O.ClH/c1-10(2)14(16)15(19)17-8-7-11-9-18-13-6-4-3-5-12(11)13;/h3-6,9-10,14,18H,7-8,16H2,1-2H3,(H,17,19);1H. The second kappa shape index (κ2) is 7.31. The third-order valence-corrected chi connectivity index (χ3v) is 3.39. The molecule has 0 radical (unpaired) electrons. The third kappa shape index (κ3) is 3.74. The Labute approximate surface area is 125 Å². The van der Waals surface area contributed by atoms with Gasteiger partial charge in [-0.2, -0.15) is 0 Å². The molecule has 1 unspecified atom stereocenters. The number of hydrogen-bond donors (Lipinski definition) is 3. The van der Waals surface area contributed by atoms with E-state index in [-0.39, 0.29) is 24.2 Å². The first-order valence-electron chi connectivity index (χ1n) is 6.68. The number of carbonyl (C=O) groups excluding carboxylic acids is 1. The minimum Gasteiger partial charge on any atom is -0.361 e.